The number of benzene rings is 2. The van der Waals surface area contributed by atoms with Gasteiger partial charge in [0, 0.05) is 22.7 Å². The predicted molar refractivity (Wildman–Crippen MR) is 81.6 cm³/mol. The van der Waals surface area contributed by atoms with Crippen molar-refractivity contribution in [2.45, 2.75) is 12.3 Å². The molecule has 1 nitrogen and oxygen atoms in total. The van der Waals surface area contributed by atoms with Crippen LogP contribution in [0.3, 0.4) is 0 Å². The molecule has 0 saturated carbocycles. The van der Waals surface area contributed by atoms with Gasteiger partial charge in [0.1, 0.15) is 0 Å². The van der Waals surface area contributed by atoms with E-state index in [9.17, 15) is 0 Å². The first kappa shape index (κ1) is 12.3. The van der Waals surface area contributed by atoms with Gasteiger partial charge in [0.05, 0.1) is 0 Å². The van der Waals surface area contributed by atoms with Crippen LogP contribution in [0.4, 0.5) is 0 Å². The number of H-pyrrole nitrogens is 1. The number of rotatable bonds is 3. The number of halogens is 1. The average Bonchev–Trinajstić information content (AvgIpc) is 2.87. The first-order valence-corrected chi connectivity index (χ1v) is 6.77. The summed E-state index contributed by atoms with van der Waals surface area (Å²) in [5.74, 6) is 0.284. The Kier molecular flexibility index (Phi) is 3.31. The SMILES string of the molecule is [CH2]CC(c1cccc(Cl)c1)c1ccc2cc[nH]c2c1. The summed E-state index contributed by atoms with van der Waals surface area (Å²) in [7, 11) is 0. The zero-order valence-corrected chi connectivity index (χ0v) is 11.3. The van der Waals surface area contributed by atoms with Crippen LogP contribution in [0.15, 0.2) is 54.7 Å². The molecule has 2 heteroatoms. The van der Waals surface area contributed by atoms with E-state index in [0.717, 1.165) is 17.0 Å². The van der Waals surface area contributed by atoms with Gasteiger partial charge in [0.2, 0.25) is 0 Å². The van der Waals surface area contributed by atoms with E-state index in [1.807, 2.05) is 24.4 Å². The highest BCUT2D eigenvalue weighted by Gasteiger charge is 2.13. The molecular formula is C17H15ClN. The van der Waals surface area contributed by atoms with Crippen molar-refractivity contribution in [2.24, 2.45) is 0 Å². The van der Waals surface area contributed by atoms with Crippen molar-refractivity contribution in [2.75, 3.05) is 0 Å². The molecule has 1 N–H and O–H groups in total. The molecule has 0 amide bonds. The lowest BCUT2D eigenvalue weighted by Gasteiger charge is -2.16. The van der Waals surface area contributed by atoms with E-state index in [0.29, 0.717) is 0 Å². The zero-order valence-electron chi connectivity index (χ0n) is 10.6. The van der Waals surface area contributed by atoms with Crippen LogP contribution in [0.5, 0.6) is 0 Å². The van der Waals surface area contributed by atoms with Crippen LogP contribution in [-0.2, 0) is 0 Å². The monoisotopic (exact) mass is 268 g/mol. The van der Waals surface area contributed by atoms with Gasteiger partial charge >= 0.3 is 0 Å². The topological polar surface area (TPSA) is 15.8 Å². The standard InChI is InChI=1S/C17H15ClN/c1-2-16(13-4-3-5-15(18)10-13)14-7-6-12-8-9-19-17(12)11-14/h3-11,16,19H,1-2H2. The van der Waals surface area contributed by atoms with Gasteiger partial charge in [-0.15, -0.1) is 0 Å². The molecule has 0 aliphatic heterocycles. The summed E-state index contributed by atoms with van der Waals surface area (Å²) in [6.45, 7) is 4.08. The summed E-state index contributed by atoms with van der Waals surface area (Å²) < 4.78 is 0. The zero-order chi connectivity index (χ0) is 13.2. The summed E-state index contributed by atoms with van der Waals surface area (Å²) in [6.07, 6.45) is 2.78. The highest BCUT2D eigenvalue weighted by atomic mass is 35.5. The molecule has 0 aliphatic carbocycles. The summed E-state index contributed by atoms with van der Waals surface area (Å²) >= 11 is 6.08. The molecule has 1 heterocycles. The molecular weight excluding hydrogens is 254 g/mol. The molecule has 0 fully saturated rings. The van der Waals surface area contributed by atoms with Gasteiger partial charge in [-0.3, -0.25) is 0 Å². The predicted octanol–water partition coefficient (Wildman–Crippen LogP) is 5.18. The quantitative estimate of drug-likeness (QED) is 0.674. The fourth-order valence-electron chi connectivity index (χ4n) is 2.53. The van der Waals surface area contributed by atoms with E-state index in [2.05, 4.69) is 42.2 Å². The Morgan fingerprint density at radius 2 is 1.89 bits per heavy atom. The highest BCUT2D eigenvalue weighted by Crippen LogP contribution is 2.30. The number of nitrogens with one attached hydrogen (secondary N) is 1. The Balaban J connectivity index is 2.06. The van der Waals surface area contributed by atoms with Crippen molar-refractivity contribution in [3.8, 4) is 0 Å². The molecule has 3 aromatic rings. The fourth-order valence-corrected chi connectivity index (χ4v) is 2.73. The maximum absolute atomic E-state index is 6.08. The van der Waals surface area contributed by atoms with Crippen LogP contribution in [0.2, 0.25) is 5.02 Å². The Bertz CT molecular complexity index is 699. The van der Waals surface area contributed by atoms with Crippen molar-refractivity contribution in [3.05, 3.63) is 77.8 Å². The van der Waals surface area contributed by atoms with Crippen molar-refractivity contribution in [1.82, 2.24) is 4.98 Å². The Labute approximate surface area is 118 Å². The molecule has 3 rings (SSSR count). The third-order valence-electron chi connectivity index (χ3n) is 3.52. The van der Waals surface area contributed by atoms with Gasteiger partial charge in [-0.25, -0.2) is 0 Å². The number of aromatic amines is 1. The Hall–Kier alpha value is -1.73. The molecule has 19 heavy (non-hydrogen) atoms. The van der Waals surface area contributed by atoms with Gasteiger partial charge in [0.25, 0.3) is 0 Å². The average molecular weight is 269 g/mol. The van der Waals surface area contributed by atoms with E-state index in [1.165, 1.54) is 16.5 Å². The van der Waals surface area contributed by atoms with Crippen molar-refractivity contribution in [3.63, 3.8) is 0 Å². The Morgan fingerprint density at radius 3 is 2.68 bits per heavy atom. The maximum atomic E-state index is 6.08. The van der Waals surface area contributed by atoms with E-state index in [1.54, 1.807) is 0 Å². The van der Waals surface area contributed by atoms with Gasteiger partial charge in [-0.05, 0) is 47.2 Å². The Morgan fingerprint density at radius 1 is 1.05 bits per heavy atom. The minimum atomic E-state index is 0.284. The third-order valence-corrected chi connectivity index (χ3v) is 3.76. The van der Waals surface area contributed by atoms with Crippen LogP contribution in [0.25, 0.3) is 10.9 Å². The molecule has 1 aromatic heterocycles. The summed E-state index contributed by atoms with van der Waals surface area (Å²) in [6, 6.07) is 16.6. The van der Waals surface area contributed by atoms with Gasteiger partial charge in [-0.2, -0.15) is 0 Å². The van der Waals surface area contributed by atoms with E-state index in [-0.39, 0.29) is 5.92 Å². The number of fused-ring (bicyclic) bond motifs is 1. The van der Waals surface area contributed by atoms with Crippen LogP contribution < -0.4 is 0 Å². The van der Waals surface area contributed by atoms with Crippen molar-refractivity contribution in [1.29, 1.82) is 0 Å². The molecule has 0 aliphatic rings. The molecule has 0 spiro atoms. The molecule has 1 unspecified atom stereocenters. The van der Waals surface area contributed by atoms with Crippen LogP contribution >= 0.6 is 11.6 Å². The highest BCUT2D eigenvalue weighted by molar-refractivity contribution is 6.30. The van der Waals surface area contributed by atoms with E-state index < -0.39 is 0 Å². The maximum Gasteiger partial charge on any atom is 0.0456 e. The summed E-state index contributed by atoms with van der Waals surface area (Å²) in [5, 5.41) is 2.01. The minimum Gasteiger partial charge on any atom is -0.361 e. The van der Waals surface area contributed by atoms with Crippen LogP contribution in [0.1, 0.15) is 23.5 Å². The lowest BCUT2D eigenvalue weighted by atomic mass is 9.89. The smallest absolute Gasteiger partial charge is 0.0456 e. The van der Waals surface area contributed by atoms with Gasteiger partial charge in [-0.1, -0.05) is 42.8 Å². The van der Waals surface area contributed by atoms with Crippen LogP contribution in [0, 0.1) is 6.92 Å². The fraction of sp³-hybridized carbons (Fsp3) is 0.118. The van der Waals surface area contributed by atoms with Crippen molar-refractivity contribution >= 4 is 22.5 Å². The van der Waals surface area contributed by atoms with E-state index in [4.69, 9.17) is 11.6 Å². The second kappa shape index (κ2) is 5.10. The normalized spacial score (nSPS) is 12.7. The summed E-state index contributed by atoms with van der Waals surface area (Å²) in [4.78, 5) is 3.26. The van der Waals surface area contributed by atoms with Crippen LogP contribution in [-0.4, -0.2) is 4.98 Å². The second-order valence-electron chi connectivity index (χ2n) is 4.72. The molecule has 1 atom stereocenters. The lowest BCUT2D eigenvalue weighted by Crippen LogP contribution is -1.99. The third kappa shape index (κ3) is 2.39. The molecule has 2 aromatic carbocycles. The number of aromatic nitrogens is 1. The molecule has 0 saturated heterocycles. The van der Waals surface area contributed by atoms with Crippen molar-refractivity contribution < 1.29 is 0 Å². The summed E-state index contributed by atoms with van der Waals surface area (Å²) in [5.41, 5.74) is 3.65. The number of hydrogen-bond acceptors (Lipinski definition) is 0. The van der Waals surface area contributed by atoms with Gasteiger partial charge < -0.3 is 4.98 Å². The second-order valence-corrected chi connectivity index (χ2v) is 5.16. The lowest BCUT2D eigenvalue weighted by molar-refractivity contribution is 0.828. The minimum absolute atomic E-state index is 0.284. The molecule has 0 bridgehead atoms. The first-order valence-electron chi connectivity index (χ1n) is 6.39. The van der Waals surface area contributed by atoms with Gasteiger partial charge in [0.15, 0.2) is 0 Å². The number of hydrogen-bond donors (Lipinski definition) is 1. The van der Waals surface area contributed by atoms with E-state index >= 15 is 0 Å². The molecule has 1 radical (unpaired) electrons. The largest absolute Gasteiger partial charge is 0.361 e. The first-order chi connectivity index (χ1) is 9.28. The molecule has 95 valence electrons.